The lowest BCUT2D eigenvalue weighted by molar-refractivity contribution is 0.482. The summed E-state index contributed by atoms with van der Waals surface area (Å²) in [5.74, 6) is 1.64. The lowest BCUT2D eigenvalue weighted by atomic mass is 10.2. The summed E-state index contributed by atoms with van der Waals surface area (Å²) in [6.45, 7) is 0. The smallest absolute Gasteiger partial charge is 0.127 e. The highest BCUT2D eigenvalue weighted by Gasteiger charge is 2.04. The second-order valence-electron chi connectivity index (χ2n) is 3.64. The molecule has 3 heteroatoms. The molecule has 0 saturated carbocycles. The van der Waals surface area contributed by atoms with E-state index in [9.17, 15) is 0 Å². The van der Waals surface area contributed by atoms with Crippen molar-refractivity contribution in [2.75, 3.05) is 7.05 Å². The minimum Gasteiger partial charge on any atom is -0.457 e. The zero-order chi connectivity index (χ0) is 12.1. The van der Waals surface area contributed by atoms with Gasteiger partial charge in [0.15, 0.2) is 0 Å². The van der Waals surface area contributed by atoms with Gasteiger partial charge in [0, 0.05) is 0 Å². The molecule has 0 aliphatic carbocycles. The van der Waals surface area contributed by atoms with Gasteiger partial charge in [-0.25, -0.2) is 0 Å². The molecule has 2 aromatic rings. The first-order chi connectivity index (χ1) is 8.29. The van der Waals surface area contributed by atoms with Crippen LogP contribution in [0, 0.1) is 0 Å². The first kappa shape index (κ1) is 12.0. The summed E-state index contributed by atoms with van der Waals surface area (Å²) in [5, 5.41) is 2.97. The fraction of sp³-hybridized carbons (Fsp3) is 0.143. The van der Waals surface area contributed by atoms with Gasteiger partial charge in [0.1, 0.15) is 17.0 Å². The topological polar surface area (TPSA) is 21.3 Å². The lowest BCUT2D eigenvalue weighted by Gasteiger charge is -2.10. The SMILES string of the molecule is CNC(Cl)c1ccc(Oc2ccccc2)cc1. The number of hydrogen-bond acceptors (Lipinski definition) is 2. The Bertz CT molecular complexity index is 455. The molecule has 0 spiro atoms. The monoisotopic (exact) mass is 247 g/mol. The van der Waals surface area contributed by atoms with Crippen molar-refractivity contribution in [3.63, 3.8) is 0 Å². The fourth-order valence-corrected chi connectivity index (χ4v) is 1.64. The van der Waals surface area contributed by atoms with Crippen molar-refractivity contribution in [2.24, 2.45) is 0 Å². The van der Waals surface area contributed by atoms with Gasteiger partial charge in [-0.2, -0.15) is 0 Å². The number of benzene rings is 2. The summed E-state index contributed by atoms with van der Waals surface area (Å²) in [4.78, 5) is 0. The number of halogens is 1. The van der Waals surface area contributed by atoms with Crippen molar-refractivity contribution < 1.29 is 4.74 Å². The van der Waals surface area contributed by atoms with E-state index in [1.807, 2.05) is 61.6 Å². The van der Waals surface area contributed by atoms with Gasteiger partial charge in [-0.3, -0.25) is 0 Å². The minimum absolute atomic E-state index is 0.166. The van der Waals surface area contributed by atoms with Crippen molar-refractivity contribution in [1.29, 1.82) is 0 Å². The highest BCUT2D eigenvalue weighted by molar-refractivity contribution is 6.20. The van der Waals surface area contributed by atoms with E-state index in [-0.39, 0.29) is 5.50 Å². The molecule has 0 aliphatic heterocycles. The van der Waals surface area contributed by atoms with Gasteiger partial charge in [0.25, 0.3) is 0 Å². The van der Waals surface area contributed by atoms with Crippen molar-refractivity contribution >= 4 is 11.6 Å². The van der Waals surface area contributed by atoms with Crippen LogP contribution in [0.5, 0.6) is 11.5 Å². The van der Waals surface area contributed by atoms with Gasteiger partial charge >= 0.3 is 0 Å². The second kappa shape index (κ2) is 5.71. The number of alkyl halides is 1. The molecule has 0 fully saturated rings. The summed E-state index contributed by atoms with van der Waals surface area (Å²) in [7, 11) is 1.83. The molecular formula is C14H14ClNO. The van der Waals surface area contributed by atoms with E-state index in [4.69, 9.17) is 16.3 Å². The van der Waals surface area contributed by atoms with Crippen LogP contribution in [0.15, 0.2) is 54.6 Å². The number of ether oxygens (including phenoxy) is 1. The van der Waals surface area contributed by atoms with Crippen molar-refractivity contribution in [2.45, 2.75) is 5.50 Å². The van der Waals surface area contributed by atoms with Gasteiger partial charge < -0.3 is 10.1 Å². The number of rotatable bonds is 4. The molecule has 2 rings (SSSR count). The fourth-order valence-electron chi connectivity index (χ4n) is 1.50. The van der Waals surface area contributed by atoms with Crippen LogP contribution in [0.25, 0.3) is 0 Å². The minimum atomic E-state index is -0.166. The maximum absolute atomic E-state index is 6.05. The summed E-state index contributed by atoms with van der Waals surface area (Å²) in [6, 6.07) is 17.4. The van der Waals surface area contributed by atoms with Gasteiger partial charge in [-0.05, 0) is 36.9 Å². The van der Waals surface area contributed by atoms with Gasteiger partial charge in [-0.1, -0.05) is 30.3 Å². The average molecular weight is 248 g/mol. The Morgan fingerprint density at radius 1 is 0.941 bits per heavy atom. The van der Waals surface area contributed by atoms with Crippen LogP contribution >= 0.6 is 11.6 Å². The standard InChI is InChI=1S/C14H14ClNO/c1-16-14(15)11-7-9-13(10-8-11)17-12-5-3-2-4-6-12/h2-10,14,16H,1H3. The molecule has 0 amide bonds. The van der Waals surface area contributed by atoms with E-state index in [0.29, 0.717) is 0 Å². The zero-order valence-corrected chi connectivity index (χ0v) is 10.3. The van der Waals surface area contributed by atoms with Crippen LogP contribution in [0.3, 0.4) is 0 Å². The normalized spacial score (nSPS) is 12.1. The van der Waals surface area contributed by atoms with Gasteiger partial charge in [0.05, 0.1) is 0 Å². The molecule has 1 unspecified atom stereocenters. The quantitative estimate of drug-likeness (QED) is 0.653. The highest BCUT2D eigenvalue weighted by atomic mass is 35.5. The number of para-hydroxylation sites is 1. The van der Waals surface area contributed by atoms with Crippen LogP contribution in [0.2, 0.25) is 0 Å². The molecule has 0 radical (unpaired) electrons. The molecular weight excluding hydrogens is 234 g/mol. The molecule has 0 saturated heterocycles. The van der Waals surface area contributed by atoms with Crippen LogP contribution < -0.4 is 10.1 Å². The van der Waals surface area contributed by atoms with Crippen LogP contribution in [0.4, 0.5) is 0 Å². The van der Waals surface area contributed by atoms with Crippen molar-refractivity contribution in [1.82, 2.24) is 5.32 Å². The molecule has 0 bridgehead atoms. The molecule has 0 heterocycles. The number of hydrogen-bond donors (Lipinski definition) is 1. The second-order valence-corrected chi connectivity index (χ2v) is 4.07. The molecule has 0 aliphatic rings. The molecule has 88 valence electrons. The van der Waals surface area contributed by atoms with E-state index < -0.39 is 0 Å². The molecule has 1 N–H and O–H groups in total. The van der Waals surface area contributed by atoms with Crippen LogP contribution in [-0.2, 0) is 0 Å². The average Bonchev–Trinajstić information content (AvgIpc) is 2.40. The molecule has 1 atom stereocenters. The third-order valence-corrected chi connectivity index (χ3v) is 2.88. The third kappa shape index (κ3) is 3.22. The molecule has 2 aromatic carbocycles. The Kier molecular flexibility index (Phi) is 4.02. The largest absolute Gasteiger partial charge is 0.457 e. The predicted molar refractivity (Wildman–Crippen MR) is 70.6 cm³/mol. The van der Waals surface area contributed by atoms with E-state index >= 15 is 0 Å². The van der Waals surface area contributed by atoms with E-state index in [2.05, 4.69) is 5.32 Å². The lowest BCUT2D eigenvalue weighted by Crippen LogP contribution is -2.09. The summed E-state index contributed by atoms with van der Waals surface area (Å²) >= 11 is 6.05. The Morgan fingerprint density at radius 3 is 2.12 bits per heavy atom. The first-order valence-corrected chi connectivity index (χ1v) is 5.87. The van der Waals surface area contributed by atoms with Crippen molar-refractivity contribution in [3.8, 4) is 11.5 Å². The van der Waals surface area contributed by atoms with E-state index in [1.165, 1.54) is 0 Å². The van der Waals surface area contributed by atoms with E-state index in [0.717, 1.165) is 17.1 Å². The molecule has 2 nitrogen and oxygen atoms in total. The van der Waals surface area contributed by atoms with Crippen molar-refractivity contribution in [3.05, 3.63) is 60.2 Å². The molecule has 0 aromatic heterocycles. The Hall–Kier alpha value is -1.51. The third-order valence-electron chi connectivity index (χ3n) is 2.41. The summed E-state index contributed by atoms with van der Waals surface area (Å²) < 4.78 is 5.68. The molecule has 17 heavy (non-hydrogen) atoms. The first-order valence-electron chi connectivity index (χ1n) is 5.44. The maximum Gasteiger partial charge on any atom is 0.127 e. The Morgan fingerprint density at radius 2 is 1.53 bits per heavy atom. The predicted octanol–water partition coefficient (Wildman–Crippen LogP) is 3.94. The summed E-state index contributed by atoms with van der Waals surface area (Å²) in [6.07, 6.45) is 0. The summed E-state index contributed by atoms with van der Waals surface area (Å²) in [5.41, 5.74) is 0.857. The zero-order valence-electron chi connectivity index (χ0n) is 9.56. The highest BCUT2D eigenvalue weighted by Crippen LogP contribution is 2.24. The van der Waals surface area contributed by atoms with E-state index in [1.54, 1.807) is 0 Å². The van der Waals surface area contributed by atoms with Gasteiger partial charge in [0.2, 0.25) is 0 Å². The maximum atomic E-state index is 6.05. The number of nitrogens with one attached hydrogen (secondary N) is 1. The van der Waals surface area contributed by atoms with Crippen LogP contribution in [-0.4, -0.2) is 7.05 Å². The Labute approximate surface area is 106 Å². The Balaban J connectivity index is 2.08. The van der Waals surface area contributed by atoms with Crippen LogP contribution in [0.1, 0.15) is 11.1 Å². The van der Waals surface area contributed by atoms with Gasteiger partial charge in [-0.15, -0.1) is 11.6 Å².